The molecular formula is C10H10O3S. The molecule has 3 nitrogen and oxygen atoms in total. The van der Waals surface area contributed by atoms with E-state index in [1.807, 2.05) is 6.07 Å². The molecule has 1 aromatic heterocycles. The Morgan fingerprint density at radius 2 is 2.21 bits per heavy atom. The van der Waals surface area contributed by atoms with Crippen molar-refractivity contribution in [1.29, 1.82) is 0 Å². The second kappa shape index (κ2) is 3.48. The first kappa shape index (κ1) is 9.30. The molecule has 0 radical (unpaired) electrons. The summed E-state index contributed by atoms with van der Waals surface area (Å²) in [6, 6.07) is 5.08. The van der Waals surface area contributed by atoms with Crippen LogP contribution in [0.15, 0.2) is 18.2 Å². The van der Waals surface area contributed by atoms with Crippen molar-refractivity contribution in [2.24, 2.45) is 0 Å². The molecule has 14 heavy (non-hydrogen) atoms. The summed E-state index contributed by atoms with van der Waals surface area (Å²) in [4.78, 5) is 0.785. The minimum absolute atomic E-state index is 0.0384. The Morgan fingerprint density at radius 1 is 1.43 bits per heavy atom. The number of hydrogen-bond donors (Lipinski definition) is 2. The maximum absolute atomic E-state index is 9.32. The predicted octanol–water partition coefficient (Wildman–Crippen LogP) is 2.11. The Kier molecular flexibility index (Phi) is 2.31. The van der Waals surface area contributed by atoms with Gasteiger partial charge in [0.15, 0.2) is 0 Å². The molecule has 74 valence electrons. The Bertz CT molecular complexity index is 462. The lowest BCUT2D eigenvalue weighted by Crippen LogP contribution is -1.85. The zero-order chi connectivity index (χ0) is 10.1. The lowest BCUT2D eigenvalue weighted by molar-refractivity contribution is 0.278. The molecule has 0 bridgehead atoms. The highest BCUT2D eigenvalue weighted by Crippen LogP contribution is 2.39. The van der Waals surface area contributed by atoms with Crippen molar-refractivity contribution in [3.63, 3.8) is 0 Å². The van der Waals surface area contributed by atoms with Gasteiger partial charge < -0.3 is 14.9 Å². The van der Waals surface area contributed by atoms with Crippen molar-refractivity contribution in [2.75, 3.05) is 7.11 Å². The van der Waals surface area contributed by atoms with Crippen molar-refractivity contribution >= 4 is 21.4 Å². The van der Waals surface area contributed by atoms with Crippen LogP contribution in [0.2, 0.25) is 0 Å². The van der Waals surface area contributed by atoms with Crippen LogP contribution in [0, 0.1) is 0 Å². The number of aromatic hydroxyl groups is 1. The average molecular weight is 210 g/mol. The Hall–Kier alpha value is -1.26. The molecule has 1 aromatic carbocycles. The number of phenols is 1. The molecule has 0 aliphatic rings. The second-order valence-corrected chi connectivity index (χ2v) is 4.03. The highest BCUT2D eigenvalue weighted by atomic mass is 32.1. The summed E-state index contributed by atoms with van der Waals surface area (Å²) in [6.45, 7) is -0.0384. The highest BCUT2D eigenvalue weighted by molar-refractivity contribution is 7.19. The van der Waals surface area contributed by atoms with Crippen molar-refractivity contribution in [3.8, 4) is 11.5 Å². The van der Waals surface area contributed by atoms with Crippen LogP contribution in [-0.2, 0) is 6.61 Å². The van der Waals surface area contributed by atoms with Gasteiger partial charge in [0.25, 0.3) is 0 Å². The van der Waals surface area contributed by atoms with Crippen LogP contribution >= 0.6 is 11.3 Å². The van der Waals surface area contributed by atoms with E-state index in [1.54, 1.807) is 19.2 Å². The quantitative estimate of drug-likeness (QED) is 0.798. The van der Waals surface area contributed by atoms with Gasteiger partial charge in [-0.3, -0.25) is 0 Å². The number of rotatable bonds is 2. The van der Waals surface area contributed by atoms with Gasteiger partial charge in [-0.15, -0.1) is 11.3 Å². The summed E-state index contributed by atoms with van der Waals surface area (Å²) in [5.74, 6) is 0.862. The molecule has 2 N–H and O–H groups in total. The largest absolute Gasteiger partial charge is 0.508 e. The van der Waals surface area contributed by atoms with E-state index in [4.69, 9.17) is 9.84 Å². The van der Waals surface area contributed by atoms with Crippen molar-refractivity contribution < 1.29 is 14.9 Å². The number of hydrogen-bond acceptors (Lipinski definition) is 4. The van der Waals surface area contributed by atoms with E-state index < -0.39 is 0 Å². The van der Waals surface area contributed by atoms with Crippen LogP contribution in [0.3, 0.4) is 0 Å². The Labute approximate surface area is 85.2 Å². The molecule has 0 atom stereocenters. The van der Waals surface area contributed by atoms with Crippen LogP contribution in [0.4, 0.5) is 0 Å². The van der Waals surface area contributed by atoms with E-state index >= 15 is 0 Å². The maximum atomic E-state index is 9.32. The number of methoxy groups -OCH3 is 1. The normalized spacial score (nSPS) is 10.7. The fraction of sp³-hybridized carbons (Fsp3) is 0.200. The summed E-state index contributed by atoms with van der Waals surface area (Å²) in [5, 5.41) is 19.3. The van der Waals surface area contributed by atoms with Crippen LogP contribution in [0.25, 0.3) is 10.1 Å². The number of aliphatic hydroxyl groups is 1. The lowest BCUT2D eigenvalue weighted by atomic mass is 10.2. The molecule has 0 saturated carbocycles. The predicted molar refractivity (Wildman–Crippen MR) is 56.0 cm³/mol. The van der Waals surface area contributed by atoms with Crippen LogP contribution < -0.4 is 4.74 Å². The molecule has 4 heteroatoms. The molecule has 0 spiro atoms. The van der Waals surface area contributed by atoms with E-state index in [2.05, 4.69) is 0 Å². The number of phenolic OH excluding ortho intramolecular Hbond substituents is 1. The average Bonchev–Trinajstić information content (AvgIpc) is 2.54. The van der Waals surface area contributed by atoms with Gasteiger partial charge in [0.2, 0.25) is 0 Å². The lowest BCUT2D eigenvalue weighted by Gasteiger charge is -1.99. The van der Waals surface area contributed by atoms with Gasteiger partial charge in [0.05, 0.1) is 18.6 Å². The minimum atomic E-state index is -0.0384. The molecule has 0 unspecified atom stereocenters. The first-order valence-corrected chi connectivity index (χ1v) is 4.97. The van der Waals surface area contributed by atoms with Gasteiger partial charge in [0, 0.05) is 10.1 Å². The smallest absolute Gasteiger partial charge is 0.143 e. The standard InChI is InChI=1S/C10H10O3S/c1-13-10-7-4-6(12)2-3-8(7)14-9(10)5-11/h2-4,11-12H,5H2,1H3. The number of thiophene rings is 1. The molecule has 2 rings (SSSR count). The number of benzene rings is 1. The Balaban J connectivity index is 2.74. The van der Waals surface area contributed by atoms with Crippen LogP contribution in [-0.4, -0.2) is 17.3 Å². The third-order valence-corrected chi connectivity index (χ3v) is 3.18. The molecule has 0 aliphatic carbocycles. The number of fused-ring (bicyclic) bond motifs is 1. The second-order valence-electron chi connectivity index (χ2n) is 2.90. The molecule has 1 heterocycles. The monoisotopic (exact) mass is 210 g/mol. The Morgan fingerprint density at radius 3 is 2.86 bits per heavy atom. The topological polar surface area (TPSA) is 49.7 Å². The van der Waals surface area contributed by atoms with Crippen LogP contribution in [0.5, 0.6) is 11.5 Å². The van der Waals surface area contributed by atoms with E-state index in [-0.39, 0.29) is 12.4 Å². The summed E-state index contributed by atoms with van der Waals surface area (Å²) in [6.07, 6.45) is 0. The number of aliphatic hydroxyl groups excluding tert-OH is 1. The maximum Gasteiger partial charge on any atom is 0.143 e. The zero-order valence-electron chi connectivity index (χ0n) is 7.65. The van der Waals surface area contributed by atoms with E-state index in [0.29, 0.717) is 5.75 Å². The van der Waals surface area contributed by atoms with E-state index in [9.17, 15) is 5.11 Å². The SMILES string of the molecule is COc1c(CO)sc2ccc(O)cc12. The fourth-order valence-corrected chi connectivity index (χ4v) is 2.46. The third-order valence-electron chi connectivity index (χ3n) is 2.04. The molecular weight excluding hydrogens is 200 g/mol. The fourth-order valence-electron chi connectivity index (χ4n) is 1.44. The molecule has 0 aliphatic heterocycles. The van der Waals surface area contributed by atoms with E-state index in [1.165, 1.54) is 11.3 Å². The summed E-state index contributed by atoms with van der Waals surface area (Å²) in [7, 11) is 1.56. The molecule has 0 amide bonds. The summed E-state index contributed by atoms with van der Waals surface area (Å²) >= 11 is 1.47. The number of ether oxygens (including phenoxy) is 1. The summed E-state index contributed by atoms with van der Waals surface area (Å²) < 4.78 is 6.19. The molecule has 0 saturated heterocycles. The molecule has 0 fully saturated rings. The van der Waals surface area contributed by atoms with Crippen molar-refractivity contribution in [1.82, 2.24) is 0 Å². The van der Waals surface area contributed by atoms with Gasteiger partial charge in [-0.05, 0) is 18.2 Å². The van der Waals surface area contributed by atoms with Crippen molar-refractivity contribution in [2.45, 2.75) is 6.61 Å². The van der Waals surface area contributed by atoms with Gasteiger partial charge in [-0.2, -0.15) is 0 Å². The van der Waals surface area contributed by atoms with Gasteiger partial charge in [-0.25, -0.2) is 0 Å². The molecule has 2 aromatic rings. The van der Waals surface area contributed by atoms with Gasteiger partial charge in [0.1, 0.15) is 11.5 Å². The van der Waals surface area contributed by atoms with Gasteiger partial charge in [-0.1, -0.05) is 0 Å². The van der Waals surface area contributed by atoms with Crippen LogP contribution in [0.1, 0.15) is 4.88 Å². The summed E-state index contributed by atoms with van der Waals surface area (Å²) in [5.41, 5.74) is 0. The van der Waals surface area contributed by atoms with Gasteiger partial charge >= 0.3 is 0 Å². The highest BCUT2D eigenvalue weighted by Gasteiger charge is 2.11. The van der Waals surface area contributed by atoms with E-state index in [0.717, 1.165) is 15.0 Å². The minimum Gasteiger partial charge on any atom is -0.508 e. The first-order chi connectivity index (χ1) is 6.76. The zero-order valence-corrected chi connectivity index (χ0v) is 8.47. The van der Waals surface area contributed by atoms with Crippen molar-refractivity contribution in [3.05, 3.63) is 23.1 Å². The first-order valence-electron chi connectivity index (χ1n) is 4.15. The third kappa shape index (κ3) is 1.32.